The van der Waals surface area contributed by atoms with Gasteiger partial charge in [0.15, 0.2) is 14.0 Å². The number of aromatic amines is 1. The molecular weight excluding hydrogens is 370 g/mol. The molecule has 11 heteroatoms. The molecule has 0 bridgehead atoms. The van der Waals surface area contributed by atoms with E-state index in [-0.39, 0.29) is 18.1 Å². The summed E-state index contributed by atoms with van der Waals surface area (Å²) in [4.78, 5) is 28.6. The molecule has 0 radical (unpaired) electrons. The van der Waals surface area contributed by atoms with Crippen LogP contribution in [0.15, 0.2) is 20.9 Å². The summed E-state index contributed by atoms with van der Waals surface area (Å²) in [5.74, 6) is 0. The van der Waals surface area contributed by atoms with Crippen LogP contribution < -0.4 is 11.2 Å². The van der Waals surface area contributed by atoms with E-state index < -0.39 is 37.6 Å². The van der Waals surface area contributed by atoms with Crippen molar-refractivity contribution in [1.82, 2.24) is 9.55 Å². The number of aromatic nitrogens is 2. The largest absolute Gasteiger partial charge is 0.414 e. The minimum absolute atomic E-state index is 0.0274. The maximum atomic E-state index is 12.1. The van der Waals surface area contributed by atoms with Crippen LogP contribution in [0.25, 0.3) is 10.4 Å². The Bertz CT molecular complexity index is 867. The van der Waals surface area contributed by atoms with Gasteiger partial charge in [0, 0.05) is 23.1 Å². The molecule has 1 fully saturated rings. The Labute approximate surface area is 157 Å². The fraction of sp³-hybridized carbons (Fsp3) is 0.750. The van der Waals surface area contributed by atoms with E-state index in [2.05, 4.69) is 48.9 Å². The van der Waals surface area contributed by atoms with Gasteiger partial charge in [-0.3, -0.25) is 14.3 Å². The van der Waals surface area contributed by atoms with Gasteiger partial charge in [-0.25, -0.2) is 4.79 Å². The second-order valence-corrected chi connectivity index (χ2v) is 13.2. The maximum absolute atomic E-state index is 12.1. The molecule has 0 aliphatic carbocycles. The monoisotopic (exact) mass is 397 g/mol. The van der Waals surface area contributed by atoms with Crippen LogP contribution >= 0.6 is 0 Å². The number of aryl methyl sites for hydroxylation is 1. The minimum Gasteiger partial charge on any atom is -0.414 e. The molecule has 0 spiro atoms. The van der Waals surface area contributed by atoms with Crippen LogP contribution in [0, 0.1) is 6.92 Å². The lowest BCUT2D eigenvalue weighted by molar-refractivity contribution is -0.0772. The van der Waals surface area contributed by atoms with Gasteiger partial charge >= 0.3 is 5.69 Å². The highest BCUT2D eigenvalue weighted by Crippen LogP contribution is 2.40. The molecule has 2 heterocycles. The van der Waals surface area contributed by atoms with E-state index in [0.29, 0.717) is 5.56 Å². The van der Waals surface area contributed by atoms with Crippen molar-refractivity contribution >= 4 is 8.32 Å². The molecule has 2 N–H and O–H groups in total. The van der Waals surface area contributed by atoms with Gasteiger partial charge in [0.05, 0.1) is 6.61 Å². The Kier molecular flexibility index (Phi) is 5.74. The van der Waals surface area contributed by atoms with Gasteiger partial charge in [-0.15, -0.1) is 0 Å². The molecule has 1 aliphatic heterocycles. The highest BCUT2D eigenvalue weighted by molar-refractivity contribution is 6.74. The fourth-order valence-electron chi connectivity index (χ4n) is 2.56. The lowest BCUT2D eigenvalue weighted by Gasteiger charge is -2.37. The second kappa shape index (κ2) is 7.25. The third-order valence-corrected chi connectivity index (χ3v) is 9.89. The highest BCUT2D eigenvalue weighted by atomic mass is 28.4. The molecule has 1 aromatic heterocycles. The average molecular weight is 398 g/mol. The first-order chi connectivity index (χ1) is 12.3. The third kappa shape index (κ3) is 4.33. The number of nitrogens with zero attached hydrogens (tertiary/aromatic N) is 4. The summed E-state index contributed by atoms with van der Waals surface area (Å²) < 4.78 is 13.1. The summed E-state index contributed by atoms with van der Waals surface area (Å²) in [6.07, 6.45) is -0.601. The first-order valence-electron chi connectivity index (χ1n) is 8.71. The first kappa shape index (κ1) is 21.4. The predicted octanol–water partition coefficient (Wildman–Crippen LogP) is 2.15. The molecule has 1 aliphatic rings. The van der Waals surface area contributed by atoms with E-state index in [1.807, 2.05) is 0 Å². The standard InChI is InChI=1S/C16H27N5O5Si/c1-10-8-21(14(23)18-13(10)22)12-7-16(24,19-20-17)11(26-12)9-25-27(5,6)15(2,3)4/h8,11-12,24H,7,9H2,1-6H3,(H,18,22,23)/t11-,12-,16+/m1/s1. The Morgan fingerprint density at radius 3 is 2.70 bits per heavy atom. The van der Waals surface area contributed by atoms with Crippen LogP contribution in [0.2, 0.25) is 18.1 Å². The fourth-order valence-corrected chi connectivity index (χ4v) is 3.56. The van der Waals surface area contributed by atoms with Crippen LogP contribution in [0.4, 0.5) is 0 Å². The molecule has 27 heavy (non-hydrogen) atoms. The molecule has 2 rings (SSSR count). The van der Waals surface area contributed by atoms with E-state index in [9.17, 15) is 14.7 Å². The van der Waals surface area contributed by atoms with Crippen molar-refractivity contribution in [3.8, 4) is 0 Å². The molecular formula is C16H27N5O5Si. The van der Waals surface area contributed by atoms with Crippen LogP contribution in [0.3, 0.4) is 0 Å². The lowest BCUT2D eigenvalue weighted by Crippen LogP contribution is -2.46. The summed E-state index contributed by atoms with van der Waals surface area (Å²) in [6.45, 7) is 11.9. The van der Waals surface area contributed by atoms with Gasteiger partial charge in [-0.05, 0) is 30.6 Å². The zero-order chi connectivity index (χ0) is 20.6. The molecule has 150 valence electrons. The maximum Gasteiger partial charge on any atom is 0.330 e. The molecule has 0 saturated carbocycles. The molecule has 0 aromatic carbocycles. The minimum atomic E-state index is -2.13. The first-order valence-corrected chi connectivity index (χ1v) is 11.6. The van der Waals surface area contributed by atoms with Crippen molar-refractivity contribution in [3.63, 3.8) is 0 Å². The Morgan fingerprint density at radius 1 is 1.52 bits per heavy atom. The highest BCUT2D eigenvalue weighted by Gasteiger charge is 2.49. The Hall–Kier alpha value is -1.91. The van der Waals surface area contributed by atoms with E-state index in [1.54, 1.807) is 6.92 Å². The number of azide groups is 1. The van der Waals surface area contributed by atoms with E-state index in [0.717, 1.165) is 0 Å². The number of aliphatic hydroxyl groups is 1. The summed E-state index contributed by atoms with van der Waals surface area (Å²) in [5.41, 5.74) is 6.17. The van der Waals surface area contributed by atoms with Gasteiger partial charge in [0.25, 0.3) is 5.56 Å². The van der Waals surface area contributed by atoms with Gasteiger partial charge < -0.3 is 14.3 Å². The van der Waals surface area contributed by atoms with Crippen LogP contribution in [0.5, 0.6) is 0 Å². The molecule has 10 nitrogen and oxygen atoms in total. The van der Waals surface area contributed by atoms with Crippen molar-refractivity contribution in [1.29, 1.82) is 0 Å². The van der Waals surface area contributed by atoms with Crippen molar-refractivity contribution < 1.29 is 14.3 Å². The zero-order valence-electron chi connectivity index (χ0n) is 16.5. The topological polar surface area (TPSA) is 142 Å². The summed E-state index contributed by atoms with van der Waals surface area (Å²) in [6, 6.07) is 0. The van der Waals surface area contributed by atoms with E-state index >= 15 is 0 Å². The third-order valence-electron chi connectivity index (χ3n) is 5.39. The van der Waals surface area contributed by atoms with Crippen molar-refractivity contribution in [3.05, 3.63) is 43.0 Å². The molecule has 0 unspecified atom stereocenters. The van der Waals surface area contributed by atoms with Gasteiger partial charge in [-0.2, -0.15) is 0 Å². The molecule has 3 atom stereocenters. The van der Waals surface area contributed by atoms with Crippen LogP contribution in [-0.4, -0.2) is 41.4 Å². The summed E-state index contributed by atoms with van der Waals surface area (Å²) in [7, 11) is -2.13. The number of hydrogen-bond acceptors (Lipinski definition) is 6. The van der Waals surface area contributed by atoms with Crippen molar-refractivity contribution in [2.75, 3.05) is 6.61 Å². The average Bonchev–Trinajstić information content (AvgIpc) is 2.84. The SMILES string of the molecule is Cc1cn([C@H]2C[C@@](O)(N=[N+]=[N-])[C@@H](CO[Si](C)(C)C(C)(C)C)O2)c(=O)[nH]c1=O. The Morgan fingerprint density at radius 2 is 2.15 bits per heavy atom. The smallest absolute Gasteiger partial charge is 0.330 e. The number of rotatable bonds is 5. The quantitative estimate of drug-likeness (QED) is 0.339. The predicted molar refractivity (Wildman–Crippen MR) is 102 cm³/mol. The lowest BCUT2D eigenvalue weighted by atomic mass is 10.1. The summed E-state index contributed by atoms with van der Waals surface area (Å²) >= 11 is 0. The molecule has 0 amide bonds. The zero-order valence-corrected chi connectivity index (χ0v) is 17.5. The number of H-pyrrole nitrogens is 1. The second-order valence-electron chi connectivity index (χ2n) is 8.40. The normalized spacial score (nSPS) is 26.0. The van der Waals surface area contributed by atoms with Crippen LogP contribution in [0.1, 0.15) is 39.0 Å². The van der Waals surface area contributed by atoms with Crippen molar-refractivity contribution in [2.45, 2.75) is 70.3 Å². The van der Waals surface area contributed by atoms with Gasteiger partial charge in [0.1, 0.15) is 12.3 Å². The molecule has 1 aromatic rings. The summed E-state index contributed by atoms with van der Waals surface area (Å²) in [5, 5.41) is 14.3. The van der Waals surface area contributed by atoms with Crippen LogP contribution in [-0.2, 0) is 9.16 Å². The van der Waals surface area contributed by atoms with Crippen molar-refractivity contribution in [2.24, 2.45) is 5.11 Å². The van der Waals surface area contributed by atoms with Gasteiger partial charge in [-0.1, -0.05) is 25.9 Å². The van der Waals surface area contributed by atoms with E-state index in [4.69, 9.17) is 14.7 Å². The molecule has 1 saturated heterocycles. The number of ether oxygens (including phenoxy) is 1. The number of hydrogen-bond donors (Lipinski definition) is 2. The number of nitrogens with one attached hydrogen (secondary N) is 1. The Balaban J connectivity index is 2.30. The van der Waals surface area contributed by atoms with Gasteiger partial charge in [0.2, 0.25) is 0 Å². The van der Waals surface area contributed by atoms with E-state index in [1.165, 1.54) is 10.8 Å².